The Morgan fingerprint density at radius 2 is 1.75 bits per heavy atom. The Labute approximate surface area is 165 Å². The summed E-state index contributed by atoms with van der Waals surface area (Å²) in [5.41, 5.74) is 3.45. The van der Waals surface area contributed by atoms with Crippen LogP contribution in [-0.2, 0) is 4.79 Å². The standard InChI is InChI=1S/C21H27N5O2/c1-14-15(2)24-18-13-16(5-6-17(18)23-14)19(27)26-11-7-21(8-12-26)20(28)22-9-4-10-25(21)3/h5-6,13H,4,7-12H2,1-3H3,(H,22,28). The smallest absolute Gasteiger partial charge is 0.253 e. The molecule has 0 atom stereocenters. The van der Waals surface area contributed by atoms with Gasteiger partial charge in [-0.2, -0.15) is 0 Å². The van der Waals surface area contributed by atoms with Gasteiger partial charge in [0.15, 0.2) is 0 Å². The SMILES string of the molecule is Cc1nc2ccc(C(=O)N3CCC4(CC3)C(=O)NCCCN4C)cc2nc1C. The molecule has 28 heavy (non-hydrogen) atoms. The van der Waals surface area contributed by atoms with Gasteiger partial charge < -0.3 is 10.2 Å². The van der Waals surface area contributed by atoms with Gasteiger partial charge in [0, 0.05) is 31.7 Å². The molecular weight excluding hydrogens is 354 g/mol. The number of hydrogen-bond acceptors (Lipinski definition) is 5. The summed E-state index contributed by atoms with van der Waals surface area (Å²) >= 11 is 0. The van der Waals surface area contributed by atoms with Crippen LogP contribution in [-0.4, -0.2) is 70.3 Å². The van der Waals surface area contributed by atoms with Crippen molar-refractivity contribution in [3.8, 4) is 0 Å². The van der Waals surface area contributed by atoms with Crippen LogP contribution >= 0.6 is 0 Å². The van der Waals surface area contributed by atoms with Gasteiger partial charge >= 0.3 is 0 Å². The average Bonchev–Trinajstić information content (AvgIpc) is 2.82. The Bertz CT molecular complexity index is 934. The van der Waals surface area contributed by atoms with Crippen molar-refractivity contribution in [2.24, 2.45) is 0 Å². The molecule has 0 aliphatic carbocycles. The second-order valence-corrected chi connectivity index (χ2v) is 7.95. The number of rotatable bonds is 1. The summed E-state index contributed by atoms with van der Waals surface area (Å²) in [7, 11) is 2.02. The van der Waals surface area contributed by atoms with E-state index < -0.39 is 5.54 Å². The van der Waals surface area contributed by atoms with Crippen LogP contribution < -0.4 is 5.32 Å². The molecule has 0 bridgehead atoms. The van der Waals surface area contributed by atoms with Gasteiger partial charge in [0.05, 0.1) is 22.4 Å². The fraction of sp³-hybridized carbons (Fsp3) is 0.524. The molecule has 148 valence electrons. The molecule has 0 saturated carbocycles. The van der Waals surface area contributed by atoms with Crippen molar-refractivity contribution in [3.63, 3.8) is 0 Å². The number of hydrogen-bond donors (Lipinski definition) is 1. The summed E-state index contributed by atoms with van der Waals surface area (Å²) in [6, 6.07) is 5.51. The minimum absolute atomic E-state index is 0.00605. The molecule has 1 aromatic heterocycles. The topological polar surface area (TPSA) is 78.4 Å². The molecule has 0 unspecified atom stereocenters. The summed E-state index contributed by atoms with van der Waals surface area (Å²) in [6.07, 6.45) is 2.28. The number of piperidine rings is 1. The zero-order chi connectivity index (χ0) is 19.9. The average molecular weight is 381 g/mol. The molecule has 1 aromatic carbocycles. The van der Waals surface area contributed by atoms with Crippen LogP contribution in [0.15, 0.2) is 18.2 Å². The third kappa shape index (κ3) is 3.13. The third-order valence-electron chi connectivity index (χ3n) is 6.31. The van der Waals surface area contributed by atoms with E-state index >= 15 is 0 Å². The van der Waals surface area contributed by atoms with E-state index in [4.69, 9.17) is 0 Å². The van der Waals surface area contributed by atoms with E-state index in [1.165, 1.54) is 0 Å². The van der Waals surface area contributed by atoms with Crippen molar-refractivity contribution in [3.05, 3.63) is 35.2 Å². The van der Waals surface area contributed by atoms with Crippen LogP contribution in [0.5, 0.6) is 0 Å². The largest absolute Gasteiger partial charge is 0.354 e. The summed E-state index contributed by atoms with van der Waals surface area (Å²) in [5, 5.41) is 3.04. The first-order valence-corrected chi connectivity index (χ1v) is 9.94. The van der Waals surface area contributed by atoms with Gasteiger partial charge in [-0.3, -0.25) is 14.5 Å². The quantitative estimate of drug-likeness (QED) is 0.813. The lowest BCUT2D eigenvalue weighted by Crippen LogP contribution is -2.61. The fourth-order valence-corrected chi connectivity index (χ4v) is 4.30. The molecule has 2 aliphatic heterocycles. The van der Waals surface area contributed by atoms with Crippen LogP contribution in [0.25, 0.3) is 11.0 Å². The summed E-state index contributed by atoms with van der Waals surface area (Å²) < 4.78 is 0. The molecule has 0 radical (unpaired) electrons. The predicted molar refractivity (Wildman–Crippen MR) is 107 cm³/mol. The monoisotopic (exact) mass is 381 g/mol. The lowest BCUT2D eigenvalue weighted by Gasteiger charge is -2.44. The molecule has 2 aromatic rings. The number of carbonyl (C=O) groups excluding carboxylic acids is 2. The predicted octanol–water partition coefficient (Wildman–Crippen LogP) is 1.67. The first-order chi connectivity index (χ1) is 13.4. The van der Waals surface area contributed by atoms with Gasteiger partial charge in [-0.05, 0) is 58.4 Å². The van der Waals surface area contributed by atoms with Crippen LogP contribution in [0.2, 0.25) is 0 Å². The Morgan fingerprint density at radius 3 is 2.46 bits per heavy atom. The first-order valence-electron chi connectivity index (χ1n) is 9.94. The van der Waals surface area contributed by atoms with E-state index in [1.807, 2.05) is 44.0 Å². The Kier molecular flexibility index (Phi) is 4.79. The van der Waals surface area contributed by atoms with Crippen molar-refractivity contribution < 1.29 is 9.59 Å². The molecule has 7 heteroatoms. The van der Waals surface area contributed by atoms with Crippen molar-refractivity contribution in [1.29, 1.82) is 0 Å². The third-order valence-corrected chi connectivity index (χ3v) is 6.31. The van der Waals surface area contributed by atoms with Gasteiger partial charge in [-0.1, -0.05) is 0 Å². The number of aromatic nitrogens is 2. The molecule has 2 fully saturated rings. The minimum Gasteiger partial charge on any atom is -0.354 e. The summed E-state index contributed by atoms with van der Waals surface area (Å²) in [5.74, 6) is 0.0971. The highest BCUT2D eigenvalue weighted by Gasteiger charge is 2.46. The molecule has 7 nitrogen and oxygen atoms in total. The van der Waals surface area contributed by atoms with Gasteiger partial charge in [-0.25, -0.2) is 9.97 Å². The highest BCUT2D eigenvalue weighted by Crippen LogP contribution is 2.30. The number of nitrogens with one attached hydrogen (secondary N) is 1. The zero-order valence-electron chi connectivity index (χ0n) is 16.8. The van der Waals surface area contributed by atoms with Crippen molar-refractivity contribution in [1.82, 2.24) is 25.1 Å². The fourth-order valence-electron chi connectivity index (χ4n) is 4.30. The van der Waals surface area contributed by atoms with Gasteiger partial charge in [0.25, 0.3) is 5.91 Å². The van der Waals surface area contributed by atoms with Crippen LogP contribution in [0.3, 0.4) is 0 Å². The van der Waals surface area contributed by atoms with E-state index in [2.05, 4.69) is 20.2 Å². The number of benzene rings is 1. The first kappa shape index (κ1) is 18.8. The van der Waals surface area contributed by atoms with Gasteiger partial charge in [-0.15, -0.1) is 0 Å². The highest BCUT2D eigenvalue weighted by molar-refractivity contribution is 5.97. The number of carbonyl (C=O) groups is 2. The lowest BCUT2D eigenvalue weighted by molar-refractivity contribution is -0.134. The van der Waals surface area contributed by atoms with Crippen LogP contribution in [0, 0.1) is 13.8 Å². The summed E-state index contributed by atoms with van der Waals surface area (Å²) in [6.45, 7) is 6.64. The molecule has 2 amide bonds. The molecule has 1 spiro atoms. The van der Waals surface area contributed by atoms with Gasteiger partial charge in [0.1, 0.15) is 5.54 Å². The van der Waals surface area contributed by atoms with Crippen LogP contribution in [0.4, 0.5) is 0 Å². The van der Waals surface area contributed by atoms with Gasteiger partial charge in [0.2, 0.25) is 5.91 Å². The Morgan fingerprint density at radius 1 is 1.07 bits per heavy atom. The normalized spacial score (nSPS) is 20.2. The van der Waals surface area contributed by atoms with E-state index in [1.54, 1.807) is 0 Å². The Hall–Kier alpha value is -2.54. The number of likely N-dealkylation sites (N-methyl/N-ethyl adjacent to an activating group) is 1. The number of likely N-dealkylation sites (tertiary alicyclic amines) is 1. The van der Waals surface area contributed by atoms with E-state index in [-0.39, 0.29) is 11.8 Å². The number of amides is 2. The molecule has 3 heterocycles. The summed E-state index contributed by atoms with van der Waals surface area (Å²) in [4.78, 5) is 38.9. The minimum atomic E-state index is -0.489. The van der Waals surface area contributed by atoms with E-state index in [0.717, 1.165) is 41.9 Å². The highest BCUT2D eigenvalue weighted by atomic mass is 16.2. The molecule has 2 saturated heterocycles. The molecular formula is C21H27N5O2. The molecule has 2 aliphatic rings. The molecule has 1 N–H and O–H groups in total. The van der Waals surface area contributed by atoms with Crippen LogP contribution in [0.1, 0.15) is 41.0 Å². The molecule has 4 rings (SSSR count). The Balaban J connectivity index is 1.53. The van der Waals surface area contributed by atoms with E-state index in [9.17, 15) is 9.59 Å². The van der Waals surface area contributed by atoms with Crippen molar-refractivity contribution >= 4 is 22.8 Å². The van der Waals surface area contributed by atoms with Crippen molar-refractivity contribution in [2.75, 3.05) is 33.2 Å². The second kappa shape index (κ2) is 7.13. The maximum absolute atomic E-state index is 13.1. The maximum atomic E-state index is 13.1. The number of aryl methyl sites for hydroxylation is 2. The second-order valence-electron chi connectivity index (χ2n) is 7.95. The number of fused-ring (bicyclic) bond motifs is 1. The van der Waals surface area contributed by atoms with Crippen molar-refractivity contribution in [2.45, 2.75) is 38.6 Å². The van der Waals surface area contributed by atoms with E-state index in [0.29, 0.717) is 31.5 Å². The maximum Gasteiger partial charge on any atom is 0.253 e. The lowest BCUT2D eigenvalue weighted by atomic mass is 9.85. The zero-order valence-corrected chi connectivity index (χ0v) is 16.8. The number of nitrogens with zero attached hydrogens (tertiary/aromatic N) is 4.